The topological polar surface area (TPSA) is 0 Å². The van der Waals surface area contributed by atoms with Gasteiger partial charge in [0.15, 0.2) is 5.92 Å². The molecule has 0 aliphatic carbocycles. The lowest BCUT2D eigenvalue weighted by molar-refractivity contribution is -0.285. The van der Waals surface area contributed by atoms with Gasteiger partial charge in [-0.3, -0.25) is 0 Å². The van der Waals surface area contributed by atoms with Crippen molar-refractivity contribution >= 4 is 0 Å². The predicted octanol–water partition coefficient (Wildman–Crippen LogP) is 6.70. The quantitative estimate of drug-likeness (QED) is 0.346. The Morgan fingerprint density at radius 3 is 1.65 bits per heavy atom. The number of alkyl halides is 6. The monoisotopic (exact) mass is 340 g/mol. The number of rotatable bonds is 9. The highest BCUT2D eigenvalue weighted by atomic mass is 19.4. The van der Waals surface area contributed by atoms with Crippen molar-refractivity contribution in [3.63, 3.8) is 0 Å². The Morgan fingerprint density at radius 2 is 1.13 bits per heavy atom. The molecule has 0 unspecified atom stereocenters. The molecule has 0 atom stereocenters. The van der Waals surface area contributed by atoms with Gasteiger partial charge in [-0.25, -0.2) is 0 Å². The summed E-state index contributed by atoms with van der Waals surface area (Å²) >= 11 is 0. The Morgan fingerprint density at radius 1 is 0.652 bits per heavy atom. The molecule has 0 aromatic heterocycles. The summed E-state index contributed by atoms with van der Waals surface area (Å²) in [5.41, 5.74) is 1.24. The smallest absolute Gasteiger partial charge is 0.170 e. The van der Waals surface area contributed by atoms with E-state index in [-0.39, 0.29) is 6.42 Å². The maximum Gasteiger partial charge on any atom is 0.400 e. The van der Waals surface area contributed by atoms with Crippen LogP contribution in [0.3, 0.4) is 0 Å². The van der Waals surface area contributed by atoms with Crippen molar-refractivity contribution in [3.05, 3.63) is 35.9 Å². The summed E-state index contributed by atoms with van der Waals surface area (Å²) < 4.78 is 74.0. The minimum absolute atomic E-state index is 0.0393. The van der Waals surface area contributed by atoms with Gasteiger partial charge in [0.25, 0.3) is 0 Å². The third-order valence-electron chi connectivity index (χ3n) is 3.84. The number of benzene rings is 1. The molecule has 0 fully saturated rings. The summed E-state index contributed by atoms with van der Waals surface area (Å²) in [5.74, 6) is -3.19. The second kappa shape index (κ2) is 9.18. The fraction of sp³-hybridized carbons (Fsp3) is 0.647. The summed E-state index contributed by atoms with van der Waals surface area (Å²) in [7, 11) is 0. The molecule has 0 saturated carbocycles. The number of hydrogen-bond donors (Lipinski definition) is 0. The summed E-state index contributed by atoms with van der Waals surface area (Å²) in [5, 5.41) is 0. The molecule has 0 heterocycles. The Bertz CT molecular complexity index is 407. The van der Waals surface area contributed by atoms with Gasteiger partial charge < -0.3 is 0 Å². The summed E-state index contributed by atoms with van der Waals surface area (Å²) in [4.78, 5) is 0. The molecule has 0 spiro atoms. The molecule has 1 rings (SSSR count). The summed E-state index contributed by atoms with van der Waals surface area (Å²) in [6, 6.07) is 9.95. The van der Waals surface area contributed by atoms with Crippen LogP contribution in [0.5, 0.6) is 0 Å². The average Bonchev–Trinajstić information content (AvgIpc) is 2.44. The molecule has 0 bridgehead atoms. The van der Waals surface area contributed by atoms with E-state index in [1.807, 2.05) is 30.3 Å². The van der Waals surface area contributed by atoms with Crippen LogP contribution in [0.15, 0.2) is 30.3 Å². The molecule has 6 heteroatoms. The van der Waals surface area contributed by atoms with Crippen LogP contribution in [0, 0.1) is 5.92 Å². The highest BCUT2D eigenvalue weighted by Crippen LogP contribution is 2.42. The molecule has 0 nitrogen and oxygen atoms in total. The van der Waals surface area contributed by atoms with Crippen molar-refractivity contribution < 1.29 is 26.3 Å². The van der Waals surface area contributed by atoms with Crippen LogP contribution >= 0.6 is 0 Å². The average molecular weight is 340 g/mol. The first-order chi connectivity index (χ1) is 10.7. The van der Waals surface area contributed by atoms with Crippen LogP contribution in [0.1, 0.15) is 50.5 Å². The van der Waals surface area contributed by atoms with E-state index in [1.165, 1.54) is 5.56 Å². The molecule has 1 aromatic rings. The molecule has 1 aromatic carbocycles. The maximum absolute atomic E-state index is 12.3. The Kier molecular flexibility index (Phi) is 7.92. The first kappa shape index (κ1) is 19.8. The van der Waals surface area contributed by atoms with Gasteiger partial charge in [-0.1, -0.05) is 62.4 Å². The SMILES string of the molecule is FC(F)(F)C(CCCCCCCCc1ccccc1)C(F)(F)F. The van der Waals surface area contributed by atoms with Gasteiger partial charge in [-0.15, -0.1) is 0 Å². The van der Waals surface area contributed by atoms with Gasteiger partial charge in [0, 0.05) is 0 Å². The number of hydrogen-bond acceptors (Lipinski definition) is 0. The number of aryl methyl sites for hydroxylation is 1. The fourth-order valence-electron chi connectivity index (χ4n) is 2.54. The van der Waals surface area contributed by atoms with Crippen molar-refractivity contribution in [1.29, 1.82) is 0 Å². The van der Waals surface area contributed by atoms with Crippen LogP contribution in [0.2, 0.25) is 0 Å². The Hall–Kier alpha value is -1.20. The molecule has 0 radical (unpaired) electrons. The molecule has 0 aliphatic heterocycles. The van der Waals surface area contributed by atoms with E-state index in [9.17, 15) is 26.3 Å². The van der Waals surface area contributed by atoms with E-state index in [1.54, 1.807) is 0 Å². The largest absolute Gasteiger partial charge is 0.400 e. The maximum atomic E-state index is 12.3. The molecule has 0 N–H and O–H groups in total. The highest BCUT2D eigenvalue weighted by molar-refractivity contribution is 5.14. The molecule has 0 amide bonds. The summed E-state index contributed by atoms with van der Waals surface area (Å²) in [6.45, 7) is 0. The van der Waals surface area contributed by atoms with Gasteiger partial charge in [-0.2, -0.15) is 26.3 Å². The van der Waals surface area contributed by atoms with Crippen LogP contribution in [-0.4, -0.2) is 12.4 Å². The van der Waals surface area contributed by atoms with Crippen molar-refractivity contribution in [2.75, 3.05) is 0 Å². The molecule has 132 valence electrons. The second-order valence-corrected chi connectivity index (χ2v) is 5.78. The van der Waals surface area contributed by atoms with Crippen molar-refractivity contribution in [2.24, 2.45) is 5.92 Å². The van der Waals surface area contributed by atoms with E-state index in [0.717, 1.165) is 25.7 Å². The number of halogens is 6. The minimum Gasteiger partial charge on any atom is -0.170 e. The molecule has 0 aliphatic rings. The predicted molar refractivity (Wildman–Crippen MR) is 78.1 cm³/mol. The van der Waals surface area contributed by atoms with E-state index in [2.05, 4.69) is 0 Å². The van der Waals surface area contributed by atoms with Crippen LogP contribution in [-0.2, 0) is 6.42 Å². The van der Waals surface area contributed by atoms with Gasteiger partial charge in [0.05, 0.1) is 0 Å². The highest BCUT2D eigenvalue weighted by Gasteiger charge is 2.55. The van der Waals surface area contributed by atoms with Crippen LogP contribution in [0.4, 0.5) is 26.3 Å². The molecule has 0 saturated heterocycles. The fourth-order valence-corrected chi connectivity index (χ4v) is 2.54. The molecular weight excluding hydrogens is 318 g/mol. The van der Waals surface area contributed by atoms with Gasteiger partial charge in [0.1, 0.15) is 0 Å². The van der Waals surface area contributed by atoms with E-state index < -0.39 is 24.7 Å². The first-order valence-electron chi connectivity index (χ1n) is 7.88. The van der Waals surface area contributed by atoms with Gasteiger partial charge in [-0.05, 0) is 24.8 Å². The van der Waals surface area contributed by atoms with Gasteiger partial charge in [0.2, 0.25) is 0 Å². The van der Waals surface area contributed by atoms with Crippen molar-refractivity contribution in [2.45, 2.75) is 63.7 Å². The zero-order valence-corrected chi connectivity index (χ0v) is 12.9. The van der Waals surface area contributed by atoms with E-state index in [0.29, 0.717) is 12.8 Å². The third-order valence-corrected chi connectivity index (χ3v) is 3.84. The summed E-state index contributed by atoms with van der Waals surface area (Å²) in [6.07, 6.45) is -6.50. The van der Waals surface area contributed by atoms with Crippen molar-refractivity contribution in [3.8, 4) is 0 Å². The Balaban J connectivity index is 2.10. The normalized spacial score (nSPS) is 12.8. The lowest BCUT2D eigenvalue weighted by Crippen LogP contribution is -2.36. The lowest BCUT2D eigenvalue weighted by Gasteiger charge is -2.22. The Labute approximate surface area is 132 Å². The first-order valence-corrected chi connectivity index (χ1v) is 7.88. The van der Waals surface area contributed by atoms with Crippen LogP contribution in [0.25, 0.3) is 0 Å². The number of unbranched alkanes of at least 4 members (excludes halogenated alkanes) is 5. The zero-order valence-electron chi connectivity index (χ0n) is 12.9. The molecular formula is C17H22F6. The lowest BCUT2D eigenvalue weighted by atomic mass is 9.98. The second-order valence-electron chi connectivity index (χ2n) is 5.78. The zero-order chi connectivity index (χ0) is 17.3. The van der Waals surface area contributed by atoms with E-state index in [4.69, 9.17) is 0 Å². The van der Waals surface area contributed by atoms with Gasteiger partial charge >= 0.3 is 12.4 Å². The van der Waals surface area contributed by atoms with E-state index >= 15 is 0 Å². The third kappa shape index (κ3) is 8.28. The van der Waals surface area contributed by atoms with Crippen molar-refractivity contribution in [1.82, 2.24) is 0 Å². The standard InChI is InChI=1S/C17H22F6/c18-16(19,20)15(17(21,22)23)13-9-4-2-1-3-6-10-14-11-7-5-8-12-14/h5,7-8,11-12,15H,1-4,6,9-10,13H2. The minimum atomic E-state index is -5.20. The van der Waals surface area contributed by atoms with Crippen LogP contribution < -0.4 is 0 Å². The molecule has 23 heavy (non-hydrogen) atoms.